The molecule has 2 saturated heterocycles. The van der Waals surface area contributed by atoms with Crippen molar-refractivity contribution in [2.24, 2.45) is 5.92 Å². The van der Waals surface area contributed by atoms with Crippen molar-refractivity contribution in [3.05, 3.63) is 29.8 Å². The highest BCUT2D eigenvalue weighted by molar-refractivity contribution is 7.89. The molecule has 1 aromatic carbocycles. The average molecular weight is 393 g/mol. The lowest BCUT2D eigenvalue weighted by Gasteiger charge is -2.31. The molecule has 27 heavy (non-hydrogen) atoms. The van der Waals surface area contributed by atoms with Gasteiger partial charge in [-0.2, -0.15) is 4.31 Å². The second kappa shape index (κ2) is 9.20. The molecule has 2 aliphatic rings. The molecule has 0 aliphatic carbocycles. The molecule has 0 spiro atoms. The van der Waals surface area contributed by atoms with Crippen molar-refractivity contribution >= 4 is 15.9 Å². The number of likely N-dealkylation sites (tertiary alicyclic amines) is 1. The smallest absolute Gasteiger partial charge is 0.243 e. The number of nitrogens with zero attached hydrogens (tertiary/aromatic N) is 2. The lowest BCUT2D eigenvalue weighted by Crippen LogP contribution is -2.39. The molecule has 0 N–H and O–H groups in total. The van der Waals surface area contributed by atoms with Gasteiger partial charge in [-0.3, -0.25) is 4.79 Å². The number of hydrogen-bond donors (Lipinski definition) is 0. The number of carbonyl (C=O) groups excluding carboxylic acids is 1. The van der Waals surface area contributed by atoms with Gasteiger partial charge in [0.05, 0.1) is 4.90 Å². The number of amides is 1. The zero-order valence-electron chi connectivity index (χ0n) is 16.4. The number of sulfonamides is 1. The summed E-state index contributed by atoms with van der Waals surface area (Å²) in [7, 11) is -3.40. The lowest BCUT2D eigenvalue weighted by molar-refractivity contribution is -0.132. The van der Waals surface area contributed by atoms with Crippen LogP contribution in [0.4, 0.5) is 0 Å². The third kappa shape index (κ3) is 5.32. The standard InChI is InChI=1S/C21H32N2O3S/c1-18-7-6-14-22(17-18)21(24)13-10-19-8-11-20(12-9-19)27(25,26)23-15-4-2-3-5-16-23/h8-9,11-12,18H,2-7,10,13-17H2,1H3. The number of piperidine rings is 1. The molecule has 2 fully saturated rings. The van der Waals surface area contributed by atoms with Crippen LogP contribution in [-0.4, -0.2) is 49.7 Å². The predicted molar refractivity (Wildman–Crippen MR) is 107 cm³/mol. The fourth-order valence-electron chi connectivity index (χ4n) is 4.08. The molecule has 2 aliphatic heterocycles. The fourth-order valence-corrected chi connectivity index (χ4v) is 5.60. The Balaban J connectivity index is 1.57. The molecule has 6 heteroatoms. The normalized spacial score (nSPS) is 22.4. The topological polar surface area (TPSA) is 57.7 Å². The van der Waals surface area contributed by atoms with Gasteiger partial charge in [0.2, 0.25) is 15.9 Å². The van der Waals surface area contributed by atoms with Crippen LogP contribution >= 0.6 is 0 Å². The maximum Gasteiger partial charge on any atom is 0.243 e. The van der Waals surface area contributed by atoms with E-state index in [2.05, 4.69) is 6.92 Å². The SMILES string of the molecule is CC1CCCN(C(=O)CCc2ccc(S(=O)(=O)N3CCCCCC3)cc2)C1. The molecule has 5 nitrogen and oxygen atoms in total. The number of hydrogen-bond acceptors (Lipinski definition) is 3. The number of rotatable bonds is 5. The molecule has 1 aromatic rings. The Hall–Kier alpha value is -1.40. The summed E-state index contributed by atoms with van der Waals surface area (Å²) in [6, 6.07) is 7.11. The molecule has 2 heterocycles. The first-order chi connectivity index (χ1) is 13.0. The van der Waals surface area contributed by atoms with E-state index < -0.39 is 10.0 Å². The van der Waals surface area contributed by atoms with Crippen LogP contribution in [0.15, 0.2) is 29.2 Å². The molecule has 1 atom stereocenters. The maximum absolute atomic E-state index is 12.8. The van der Waals surface area contributed by atoms with Crippen LogP contribution in [0.5, 0.6) is 0 Å². The van der Waals surface area contributed by atoms with Gasteiger partial charge in [-0.25, -0.2) is 8.42 Å². The number of aryl methyl sites for hydroxylation is 1. The summed E-state index contributed by atoms with van der Waals surface area (Å²) >= 11 is 0. The molecule has 3 rings (SSSR count). The first kappa shape index (κ1) is 20.3. The van der Waals surface area contributed by atoms with Gasteiger partial charge < -0.3 is 4.90 Å². The van der Waals surface area contributed by atoms with Crippen LogP contribution in [0.25, 0.3) is 0 Å². The second-order valence-electron chi connectivity index (χ2n) is 8.05. The molecule has 1 amide bonds. The second-order valence-corrected chi connectivity index (χ2v) is 9.99. The Bertz CT molecular complexity index is 722. The Morgan fingerprint density at radius 3 is 2.30 bits per heavy atom. The van der Waals surface area contributed by atoms with Crippen molar-refractivity contribution < 1.29 is 13.2 Å². The number of carbonyl (C=O) groups is 1. The fraction of sp³-hybridized carbons (Fsp3) is 0.667. The van der Waals surface area contributed by atoms with Gasteiger partial charge in [-0.15, -0.1) is 0 Å². The summed E-state index contributed by atoms with van der Waals surface area (Å²) in [6.07, 6.45) is 7.54. The molecule has 1 unspecified atom stereocenters. The Morgan fingerprint density at radius 1 is 1.00 bits per heavy atom. The zero-order chi connectivity index (χ0) is 19.3. The Labute approximate surface area is 163 Å². The summed E-state index contributed by atoms with van der Waals surface area (Å²) in [6.45, 7) is 5.17. The summed E-state index contributed by atoms with van der Waals surface area (Å²) in [5, 5.41) is 0. The van der Waals surface area contributed by atoms with Gasteiger partial charge in [-0.05, 0) is 55.7 Å². The van der Waals surface area contributed by atoms with Crippen LogP contribution < -0.4 is 0 Å². The molecule has 0 bridgehead atoms. The Morgan fingerprint density at radius 2 is 1.67 bits per heavy atom. The lowest BCUT2D eigenvalue weighted by atomic mass is 9.99. The summed E-state index contributed by atoms with van der Waals surface area (Å²) in [5.74, 6) is 0.800. The molecular weight excluding hydrogens is 360 g/mol. The van der Waals surface area contributed by atoms with E-state index in [0.717, 1.165) is 50.8 Å². The minimum absolute atomic E-state index is 0.211. The van der Waals surface area contributed by atoms with E-state index in [9.17, 15) is 13.2 Å². The van der Waals surface area contributed by atoms with Crippen molar-refractivity contribution in [2.75, 3.05) is 26.2 Å². The van der Waals surface area contributed by atoms with E-state index in [-0.39, 0.29) is 5.91 Å². The van der Waals surface area contributed by atoms with Gasteiger partial charge in [0.25, 0.3) is 0 Å². The van der Waals surface area contributed by atoms with Crippen molar-refractivity contribution in [2.45, 2.75) is 63.2 Å². The largest absolute Gasteiger partial charge is 0.342 e. The molecule has 0 radical (unpaired) electrons. The highest BCUT2D eigenvalue weighted by Crippen LogP contribution is 2.21. The predicted octanol–water partition coefficient (Wildman–Crippen LogP) is 3.44. The van der Waals surface area contributed by atoms with E-state index in [1.165, 1.54) is 6.42 Å². The van der Waals surface area contributed by atoms with Crippen LogP contribution in [0.3, 0.4) is 0 Å². The summed E-state index contributed by atoms with van der Waals surface area (Å²) in [4.78, 5) is 14.7. The summed E-state index contributed by atoms with van der Waals surface area (Å²) in [5.41, 5.74) is 1.02. The third-order valence-corrected chi connectivity index (χ3v) is 7.68. The molecular formula is C21H32N2O3S. The van der Waals surface area contributed by atoms with Crippen molar-refractivity contribution in [3.8, 4) is 0 Å². The minimum Gasteiger partial charge on any atom is -0.342 e. The van der Waals surface area contributed by atoms with Gasteiger partial charge in [0.15, 0.2) is 0 Å². The molecule has 0 aromatic heterocycles. The van der Waals surface area contributed by atoms with Crippen molar-refractivity contribution in [1.29, 1.82) is 0 Å². The van der Waals surface area contributed by atoms with Gasteiger partial charge in [-0.1, -0.05) is 31.9 Å². The first-order valence-corrected chi connectivity index (χ1v) is 11.8. The van der Waals surface area contributed by atoms with Crippen LogP contribution in [-0.2, 0) is 21.2 Å². The highest BCUT2D eigenvalue weighted by atomic mass is 32.2. The van der Waals surface area contributed by atoms with E-state index in [4.69, 9.17) is 0 Å². The average Bonchev–Trinajstić information content (AvgIpc) is 2.96. The molecule has 150 valence electrons. The first-order valence-electron chi connectivity index (χ1n) is 10.3. The van der Waals surface area contributed by atoms with E-state index in [1.54, 1.807) is 16.4 Å². The van der Waals surface area contributed by atoms with Crippen LogP contribution in [0, 0.1) is 5.92 Å². The van der Waals surface area contributed by atoms with Gasteiger partial charge >= 0.3 is 0 Å². The monoisotopic (exact) mass is 392 g/mol. The summed E-state index contributed by atoms with van der Waals surface area (Å²) < 4.78 is 27.3. The van der Waals surface area contributed by atoms with Crippen LogP contribution in [0.2, 0.25) is 0 Å². The van der Waals surface area contributed by atoms with E-state index in [0.29, 0.717) is 36.7 Å². The van der Waals surface area contributed by atoms with E-state index in [1.807, 2.05) is 17.0 Å². The van der Waals surface area contributed by atoms with Crippen molar-refractivity contribution in [3.63, 3.8) is 0 Å². The van der Waals surface area contributed by atoms with E-state index >= 15 is 0 Å². The maximum atomic E-state index is 12.8. The highest BCUT2D eigenvalue weighted by Gasteiger charge is 2.25. The Kier molecular flexibility index (Phi) is 6.93. The van der Waals surface area contributed by atoms with Crippen molar-refractivity contribution in [1.82, 2.24) is 9.21 Å². The van der Waals surface area contributed by atoms with Crippen LogP contribution in [0.1, 0.15) is 57.4 Å². The number of benzene rings is 1. The van der Waals surface area contributed by atoms with Gasteiger partial charge in [0.1, 0.15) is 0 Å². The quantitative estimate of drug-likeness (QED) is 0.771. The zero-order valence-corrected chi connectivity index (χ0v) is 17.2. The molecule has 0 saturated carbocycles. The van der Waals surface area contributed by atoms with Gasteiger partial charge in [0, 0.05) is 32.6 Å². The third-order valence-electron chi connectivity index (χ3n) is 5.76. The minimum atomic E-state index is -3.40.